The zero-order chi connectivity index (χ0) is 14.9. The molecule has 0 radical (unpaired) electrons. The van der Waals surface area contributed by atoms with E-state index in [0.29, 0.717) is 6.10 Å². The van der Waals surface area contributed by atoms with Crippen LogP contribution in [-0.4, -0.2) is 17.6 Å². The number of rotatable bonds is 7. The normalized spacial score (nSPS) is 16.7. The number of aryl methyl sites for hydroxylation is 1. The average molecular weight is 290 g/mol. The molecule has 0 spiro atoms. The highest BCUT2D eigenvalue weighted by Gasteiger charge is 2.15. The lowest BCUT2D eigenvalue weighted by Crippen LogP contribution is -2.17. The minimum atomic E-state index is 0.365. The van der Waals surface area contributed by atoms with Crippen molar-refractivity contribution in [3.63, 3.8) is 0 Å². The highest BCUT2D eigenvalue weighted by Crippen LogP contribution is 2.23. The molecule has 0 saturated heterocycles. The smallest absolute Gasteiger partial charge is 0.214 e. The molecule has 2 rings (SSSR count). The summed E-state index contributed by atoms with van der Waals surface area (Å²) < 4.78 is 6.20. The van der Waals surface area contributed by atoms with Crippen molar-refractivity contribution in [2.24, 2.45) is 0 Å². The fraction of sp³-hybridized carbons (Fsp3) is 0.722. The van der Waals surface area contributed by atoms with Crippen molar-refractivity contribution in [3.8, 4) is 5.88 Å². The first-order valence-electron chi connectivity index (χ1n) is 8.69. The van der Waals surface area contributed by atoms with Gasteiger partial charge < -0.3 is 10.1 Å². The van der Waals surface area contributed by atoms with Crippen LogP contribution in [0.1, 0.15) is 70.1 Å². The van der Waals surface area contributed by atoms with Gasteiger partial charge in [-0.1, -0.05) is 33.1 Å². The third kappa shape index (κ3) is 5.66. The van der Waals surface area contributed by atoms with E-state index in [2.05, 4.69) is 31.3 Å². The Hall–Kier alpha value is -1.09. The molecule has 1 fully saturated rings. The first-order chi connectivity index (χ1) is 10.3. The van der Waals surface area contributed by atoms with E-state index in [1.165, 1.54) is 44.1 Å². The van der Waals surface area contributed by atoms with Gasteiger partial charge in [-0.2, -0.15) is 0 Å². The van der Waals surface area contributed by atoms with E-state index in [9.17, 15) is 0 Å². The predicted molar refractivity (Wildman–Crippen MR) is 87.7 cm³/mol. The molecule has 0 atom stereocenters. The summed E-state index contributed by atoms with van der Waals surface area (Å²) >= 11 is 0. The van der Waals surface area contributed by atoms with Crippen LogP contribution in [0.25, 0.3) is 0 Å². The molecule has 0 aliphatic heterocycles. The molecule has 0 unspecified atom stereocenters. The summed E-state index contributed by atoms with van der Waals surface area (Å²) in [6.45, 7) is 6.22. The van der Waals surface area contributed by atoms with Gasteiger partial charge in [0.2, 0.25) is 5.88 Å². The summed E-state index contributed by atoms with van der Waals surface area (Å²) in [5, 5.41) is 3.39. The van der Waals surface area contributed by atoms with Gasteiger partial charge in [0.1, 0.15) is 6.10 Å². The second-order valence-corrected chi connectivity index (χ2v) is 6.07. The van der Waals surface area contributed by atoms with Crippen molar-refractivity contribution < 1.29 is 4.74 Å². The number of hydrogen-bond acceptors (Lipinski definition) is 3. The summed E-state index contributed by atoms with van der Waals surface area (Å²) in [6.07, 6.45) is 10.2. The Kier molecular flexibility index (Phi) is 7.01. The minimum Gasteiger partial charge on any atom is -0.474 e. The van der Waals surface area contributed by atoms with Gasteiger partial charge in [0.15, 0.2) is 0 Å². The highest BCUT2D eigenvalue weighted by molar-refractivity contribution is 5.25. The second-order valence-electron chi connectivity index (χ2n) is 6.07. The SMILES string of the molecule is CCCc1cc(CNCC)cc(OC2CCCCCC2)n1. The molecule has 3 nitrogen and oxygen atoms in total. The summed E-state index contributed by atoms with van der Waals surface area (Å²) in [6, 6.07) is 4.33. The van der Waals surface area contributed by atoms with Gasteiger partial charge in [-0.3, -0.25) is 0 Å². The number of pyridine rings is 1. The van der Waals surface area contributed by atoms with E-state index in [-0.39, 0.29) is 0 Å². The molecule has 0 amide bonds. The van der Waals surface area contributed by atoms with Crippen LogP contribution in [0.4, 0.5) is 0 Å². The van der Waals surface area contributed by atoms with Crippen molar-refractivity contribution in [1.82, 2.24) is 10.3 Å². The number of nitrogens with one attached hydrogen (secondary N) is 1. The molecule has 3 heteroatoms. The lowest BCUT2D eigenvalue weighted by Gasteiger charge is -2.17. The Morgan fingerprint density at radius 2 is 1.90 bits per heavy atom. The minimum absolute atomic E-state index is 0.365. The van der Waals surface area contributed by atoms with E-state index in [1.807, 2.05) is 0 Å². The maximum Gasteiger partial charge on any atom is 0.214 e. The first-order valence-corrected chi connectivity index (χ1v) is 8.69. The standard InChI is InChI=1S/C18H30N2O/c1-3-9-16-12-15(14-19-4-2)13-18(20-16)21-17-10-7-5-6-8-11-17/h12-13,17,19H,3-11,14H2,1-2H3. The summed E-state index contributed by atoms with van der Waals surface area (Å²) in [5.74, 6) is 0.834. The summed E-state index contributed by atoms with van der Waals surface area (Å²) in [5.41, 5.74) is 2.45. The second kappa shape index (κ2) is 9.04. The largest absolute Gasteiger partial charge is 0.474 e. The number of aromatic nitrogens is 1. The summed E-state index contributed by atoms with van der Waals surface area (Å²) in [4.78, 5) is 4.71. The van der Waals surface area contributed by atoms with Crippen LogP contribution in [0.3, 0.4) is 0 Å². The molecule has 1 aliphatic carbocycles. The fourth-order valence-electron chi connectivity index (χ4n) is 2.97. The van der Waals surface area contributed by atoms with E-state index in [1.54, 1.807) is 0 Å². The van der Waals surface area contributed by atoms with Crippen molar-refractivity contribution in [3.05, 3.63) is 23.4 Å². The number of ether oxygens (including phenoxy) is 1. The highest BCUT2D eigenvalue weighted by atomic mass is 16.5. The average Bonchev–Trinajstić information content (AvgIpc) is 2.74. The van der Waals surface area contributed by atoms with Crippen LogP contribution >= 0.6 is 0 Å². The predicted octanol–water partition coefficient (Wildman–Crippen LogP) is 4.25. The number of hydrogen-bond donors (Lipinski definition) is 1. The quantitative estimate of drug-likeness (QED) is 0.762. The maximum atomic E-state index is 6.20. The lowest BCUT2D eigenvalue weighted by atomic mass is 10.1. The molecule has 1 N–H and O–H groups in total. The van der Waals surface area contributed by atoms with Crippen LogP contribution in [0.2, 0.25) is 0 Å². The van der Waals surface area contributed by atoms with E-state index in [0.717, 1.165) is 37.5 Å². The monoisotopic (exact) mass is 290 g/mol. The maximum absolute atomic E-state index is 6.20. The van der Waals surface area contributed by atoms with Crippen molar-refractivity contribution in [2.75, 3.05) is 6.54 Å². The third-order valence-corrected chi connectivity index (χ3v) is 4.09. The Morgan fingerprint density at radius 3 is 2.57 bits per heavy atom. The van der Waals surface area contributed by atoms with Crippen LogP contribution in [0.5, 0.6) is 5.88 Å². The first kappa shape index (κ1) is 16.3. The van der Waals surface area contributed by atoms with Crippen LogP contribution in [-0.2, 0) is 13.0 Å². The van der Waals surface area contributed by atoms with Gasteiger partial charge in [-0.15, -0.1) is 0 Å². The van der Waals surface area contributed by atoms with Crippen LogP contribution < -0.4 is 10.1 Å². The lowest BCUT2D eigenvalue weighted by molar-refractivity contribution is 0.175. The van der Waals surface area contributed by atoms with Crippen molar-refractivity contribution in [1.29, 1.82) is 0 Å². The molecule has 1 aromatic rings. The van der Waals surface area contributed by atoms with Crippen molar-refractivity contribution >= 4 is 0 Å². The molecule has 118 valence electrons. The van der Waals surface area contributed by atoms with Gasteiger partial charge in [0, 0.05) is 18.3 Å². The van der Waals surface area contributed by atoms with Crippen LogP contribution in [0, 0.1) is 0 Å². The van der Waals surface area contributed by atoms with Crippen molar-refractivity contribution in [2.45, 2.75) is 77.9 Å². The Balaban J connectivity index is 2.06. The fourth-order valence-corrected chi connectivity index (χ4v) is 2.97. The summed E-state index contributed by atoms with van der Waals surface area (Å²) in [7, 11) is 0. The zero-order valence-electron chi connectivity index (χ0n) is 13.7. The van der Waals surface area contributed by atoms with Gasteiger partial charge in [0.05, 0.1) is 0 Å². The van der Waals surface area contributed by atoms with E-state index >= 15 is 0 Å². The molecule has 1 aromatic heterocycles. The molecule has 0 bridgehead atoms. The molecular formula is C18H30N2O. The Bertz CT molecular complexity index is 412. The van der Waals surface area contributed by atoms with Gasteiger partial charge in [0.25, 0.3) is 0 Å². The zero-order valence-corrected chi connectivity index (χ0v) is 13.7. The van der Waals surface area contributed by atoms with Gasteiger partial charge >= 0.3 is 0 Å². The molecule has 21 heavy (non-hydrogen) atoms. The molecule has 0 aromatic carbocycles. The van der Waals surface area contributed by atoms with Gasteiger partial charge in [-0.25, -0.2) is 4.98 Å². The molecule has 1 aliphatic rings. The van der Waals surface area contributed by atoms with E-state index < -0.39 is 0 Å². The topological polar surface area (TPSA) is 34.1 Å². The molecular weight excluding hydrogens is 260 g/mol. The Morgan fingerprint density at radius 1 is 1.14 bits per heavy atom. The van der Waals surface area contributed by atoms with E-state index in [4.69, 9.17) is 9.72 Å². The third-order valence-electron chi connectivity index (χ3n) is 4.09. The number of nitrogens with zero attached hydrogens (tertiary/aromatic N) is 1. The van der Waals surface area contributed by atoms with Crippen LogP contribution in [0.15, 0.2) is 12.1 Å². The Labute approximate surface area is 129 Å². The molecule has 1 heterocycles. The molecule has 1 saturated carbocycles. The van der Waals surface area contributed by atoms with Gasteiger partial charge in [-0.05, 0) is 50.3 Å².